The molecular formula is C19H22N2O2S. The second-order valence-electron chi connectivity index (χ2n) is 5.32. The Kier molecular flexibility index (Phi) is 7.36. The second-order valence-corrected chi connectivity index (χ2v) is 6.42. The van der Waals surface area contributed by atoms with Crippen molar-refractivity contribution < 1.29 is 9.59 Å². The second kappa shape index (κ2) is 9.78. The fraction of sp³-hybridized carbons (Fsp3) is 0.263. The highest BCUT2D eigenvalue weighted by atomic mass is 32.2. The molecule has 0 aliphatic rings. The van der Waals surface area contributed by atoms with Gasteiger partial charge in [0.15, 0.2) is 0 Å². The molecule has 2 N–H and O–H groups in total. The van der Waals surface area contributed by atoms with Crippen LogP contribution in [0.2, 0.25) is 0 Å². The van der Waals surface area contributed by atoms with Crippen LogP contribution in [0, 0.1) is 0 Å². The molecular weight excluding hydrogens is 320 g/mol. The number of nitrogens with one attached hydrogen (secondary N) is 2. The van der Waals surface area contributed by atoms with Crippen molar-refractivity contribution in [1.82, 2.24) is 0 Å². The molecule has 0 fully saturated rings. The summed E-state index contributed by atoms with van der Waals surface area (Å²) in [5.41, 5.74) is 2.84. The summed E-state index contributed by atoms with van der Waals surface area (Å²) in [4.78, 5) is 23.7. The lowest BCUT2D eigenvalue weighted by molar-refractivity contribution is -0.116. The van der Waals surface area contributed by atoms with Crippen molar-refractivity contribution in [1.29, 1.82) is 0 Å². The van der Waals surface area contributed by atoms with Crippen LogP contribution in [0.4, 0.5) is 11.4 Å². The first kappa shape index (κ1) is 18.1. The normalized spacial score (nSPS) is 10.2. The average Bonchev–Trinajstić information content (AvgIpc) is 2.60. The summed E-state index contributed by atoms with van der Waals surface area (Å²) < 4.78 is 0. The van der Waals surface area contributed by atoms with Gasteiger partial charge in [-0.15, -0.1) is 0 Å². The molecule has 2 rings (SSSR count). The van der Waals surface area contributed by atoms with E-state index in [9.17, 15) is 9.59 Å². The van der Waals surface area contributed by atoms with Crippen LogP contribution < -0.4 is 10.6 Å². The van der Waals surface area contributed by atoms with Gasteiger partial charge in [0.1, 0.15) is 0 Å². The summed E-state index contributed by atoms with van der Waals surface area (Å²) in [5, 5.41) is 5.69. The highest BCUT2D eigenvalue weighted by Gasteiger charge is 2.05. The van der Waals surface area contributed by atoms with Crippen LogP contribution in [0.3, 0.4) is 0 Å². The van der Waals surface area contributed by atoms with E-state index in [-0.39, 0.29) is 11.8 Å². The monoisotopic (exact) mass is 342 g/mol. The van der Waals surface area contributed by atoms with Gasteiger partial charge in [-0.3, -0.25) is 9.59 Å². The van der Waals surface area contributed by atoms with Gasteiger partial charge in [-0.05, 0) is 36.2 Å². The number of hydrogen-bond donors (Lipinski definition) is 2. The Bertz CT molecular complexity index is 657. The molecule has 0 saturated heterocycles. The van der Waals surface area contributed by atoms with Crippen molar-refractivity contribution in [2.75, 3.05) is 22.1 Å². The molecule has 24 heavy (non-hydrogen) atoms. The van der Waals surface area contributed by atoms with E-state index in [1.807, 2.05) is 54.6 Å². The van der Waals surface area contributed by atoms with Gasteiger partial charge in [0.25, 0.3) is 0 Å². The van der Waals surface area contributed by atoms with Crippen LogP contribution in [-0.2, 0) is 16.0 Å². The number of carbonyl (C=O) groups is 2. The van der Waals surface area contributed by atoms with E-state index < -0.39 is 0 Å². The predicted molar refractivity (Wildman–Crippen MR) is 101 cm³/mol. The molecule has 5 heteroatoms. The number of thioether (sulfide) groups is 1. The Morgan fingerprint density at radius 2 is 1.50 bits per heavy atom. The van der Waals surface area contributed by atoms with Gasteiger partial charge in [-0.2, -0.15) is 11.8 Å². The number of amides is 2. The zero-order chi connectivity index (χ0) is 17.2. The lowest BCUT2D eigenvalue weighted by atomic mass is 10.1. The van der Waals surface area contributed by atoms with E-state index in [2.05, 4.69) is 17.6 Å². The van der Waals surface area contributed by atoms with E-state index in [1.165, 1.54) is 17.3 Å². The number of aryl methyl sites for hydroxylation is 1. The fourth-order valence-corrected chi connectivity index (χ4v) is 2.83. The molecule has 2 aromatic rings. The zero-order valence-corrected chi connectivity index (χ0v) is 14.6. The van der Waals surface area contributed by atoms with E-state index in [0.717, 1.165) is 17.8 Å². The Hall–Kier alpha value is -2.27. The van der Waals surface area contributed by atoms with Crippen LogP contribution in [0.15, 0.2) is 54.6 Å². The number of para-hydroxylation sites is 1. The van der Waals surface area contributed by atoms with Crippen molar-refractivity contribution in [2.45, 2.75) is 19.8 Å². The van der Waals surface area contributed by atoms with E-state index >= 15 is 0 Å². The highest BCUT2D eigenvalue weighted by Crippen LogP contribution is 2.12. The molecule has 0 bridgehead atoms. The fourth-order valence-electron chi connectivity index (χ4n) is 2.10. The molecule has 0 aliphatic carbocycles. The van der Waals surface area contributed by atoms with Crippen LogP contribution in [0.1, 0.15) is 18.9 Å². The molecule has 0 unspecified atom stereocenters. The first-order valence-electron chi connectivity index (χ1n) is 7.99. The highest BCUT2D eigenvalue weighted by molar-refractivity contribution is 7.99. The lowest BCUT2D eigenvalue weighted by Crippen LogP contribution is -2.16. The quantitative estimate of drug-likeness (QED) is 0.714. The SMILES string of the molecule is CCc1ccc(NC(=O)CSCCC(=O)Nc2ccccc2)cc1. The van der Waals surface area contributed by atoms with Gasteiger partial charge < -0.3 is 10.6 Å². The summed E-state index contributed by atoms with van der Waals surface area (Å²) in [6.07, 6.45) is 1.37. The zero-order valence-electron chi connectivity index (χ0n) is 13.7. The number of carbonyl (C=O) groups excluding carboxylic acids is 2. The number of hydrogen-bond acceptors (Lipinski definition) is 3. The van der Waals surface area contributed by atoms with E-state index in [4.69, 9.17) is 0 Å². The number of rotatable bonds is 8. The molecule has 0 saturated carbocycles. The van der Waals surface area contributed by atoms with Crippen LogP contribution in [-0.4, -0.2) is 23.3 Å². The maximum absolute atomic E-state index is 11.9. The lowest BCUT2D eigenvalue weighted by Gasteiger charge is -2.07. The Balaban J connectivity index is 1.62. The van der Waals surface area contributed by atoms with Crippen LogP contribution in [0.5, 0.6) is 0 Å². The van der Waals surface area contributed by atoms with Gasteiger partial charge in [0.05, 0.1) is 5.75 Å². The van der Waals surface area contributed by atoms with Gasteiger partial charge in [-0.25, -0.2) is 0 Å². The topological polar surface area (TPSA) is 58.2 Å². The third-order valence-corrected chi connectivity index (χ3v) is 4.37. The first-order chi connectivity index (χ1) is 11.7. The first-order valence-corrected chi connectivity index (χ1v) is 9.14. The number of anilines is 2. The summed E-state index contributed by atoms with van der Waals surface area (Å²) >= 11 is 1.45. The molecule has 0 atom stereocenters. The smallest absolute Gasteiger partial charge is 0.234 e. The minimum absolute atomic E-state index is 0.0377. The van der Waals surface area contributed by atoms with Crippen LogP contribution >= 0.6 is 11.8 Å². The summed E-state index contributed by atoms with van der Waals surface area (Å²) in [5.74, 6) is 0.867. The van der Waals surface area contributed by atoms with E-state index in [1.54, 1.807) is 0 Å². The third kappa shape index (κ3) is 6.46. The molecule has 0 spiro atoms. The molecule has 0 aromatic heterocycles. The van der Waals surface area contributed by atoms with Crippen molar-refractivity contribution in [3.8, 4) is 0 Å². The average molecular weight is 342 g/mol. The summed E-state index contributed by atoms with van der Waals surface area (Å²) in [6, 6.07) is 17.2. The molecule has 2 amide bonds. The Morgan fingerprint density at radius 3 is 2.17 bits per heavy atom. The van der Waals surface area contributed by atoms with Gasteiger partial charge in [0, 0.05) is 23.5 Å². The largest absolute Gasteiger partial charge is 0.326 e. The minimum atomic E-state index is -0.0484. The van der Waals surface area contributed by atoms with Crippen LogP contribution in [0.25, 0.3) is 0 Å². The van der Waals surface area contributed by atoms with Gasteiger partial charge in [-0.1, -0.05) is 37.3 Å². The van der Waals surface area contributed by atoms with Crippen molar-refractivity contribution in [3.63, 3.8) is 0 Å². The van der Waals surface area contributed by atoms with E-state index in [0.29, 0.717) is 17.9 Å². The number of benzene rings is 2. The predicted octanol–water partition coefficient (Wildman–Crippen LogP) is 3.95. The summed E-state index contributed by atoms with van der Waals surface area (Å²) in [6.45, 7) is 2.10. The third-order valence-electron chi connectivity index (χ3n) is 3.41. The molecule has 2 aromatic carbocycles. The Labute approximate surface area is 147 Å². The standard InChI is InChI=1S/C19H22N2O2S/c1-2-15-8-10-17(11-9-15)21-19(23)14-24-13-12-18(22)20-16-6-4-3-5-7-16/h3-11H,2,12-14H2,1H3,(H,20,22)(H,21,23). The Morgan fingerprint density at radius 1 is 0.875 bits per heavy atom. The van der Waals surface area contributed by atoms with Gasteiger partial charge in [0.2, 0.25) is 11.8 Å². The molecule has 126 valence electrons. The molecule has 4 nitrogen and oxygen atoms in total. The molecule has 0 radical (unpaired) electrons. The van der Waals surface area contributed by atoms with Crippen molar-refractivity contribution in [3.05, 3.63) is 60.2 Å². The molecule has 0 heterocycles. The molecule has 0 aliphatic heterocycles. The minimum Gasteiger partial charge on any atom is -0.326 e. The van der Waals surface area contributed by atoms with Crippen molar-refractivity contribution >= 4 is 35.0 Å². The van der Waals surface area contributed by atoms with Crippen molar-refractivity contribution in [2.24, 2.45) is 0 Å². The summed E-state index contributed by atoms with van der Waals surface area (Å²) in [7, 11) is 0. The maximum atomic E-state index is 11.9. The van der Waals surface area contributed by atoms with Gasteiger partial charge >= 0.3 is 0 Å². The maximum Gasteiger partial charge on any atom is 0.234 e.